The Bertz CT molecular complexity index is 197. The maximum Gasteiger partial charge on any atom is 0.323 e. The van der Waals surface area contributed by atoms with Gasteiger partial charge >= 0.3 is 5.97 Å². The van der Waals surface area contributed by atoms with E-state index in [1.54, 1.807) is 14.2 Å². The molecular weight excluding hydrogens is 238 g/mol. The second-order valence-electron chi connectivity index (χ2n) is 3.63. The summed E-state index contributed by atoms with van der Waals surface area (Å²) >= 11 is 0. The van der Waals surface area contributed by atoms with Gasteiger partial charge in [-0.3, -0.25) is 4.79 Å². The van der Waals surface area contributed by atoms with Gasteiger partial charge in [-0.05, 0) is 13.5 Å². The predicted molar refractivity (Wildman–Crippen MR) is 67.6 cm³/mol. The highest BCUT2D eigenvalue weighted by atomic mass is 16.6. The Kier molecular flexibility index (Phi) is 12.3. The van der Waals surface area contributed by atoms with Crippen LogP contribution in [0.4, 0.5) is 0 Å². The van der Waals surface area contributed by atoms with Crippen LogP contribution in [0.25, 0.3) is 0 Å². The number of rotatable bonds is 12. The average molecular weight is 263 g/mol. The number of esters is 1. The Morgan fingerprint density at radius 3 is 2.11 bits per heavy atom. The molecule has 0 rings (SSSR count). The van der Waals surface area contributed by atoms with Crippen LogP contribution in [0, 0.1) is 0 Å². The van der Waals surface area contributed by atoms with Gasteiger partial charge in [0.25, 0.3) is 0 Å². The minimum absolute atomic E-state index is 0.234. The van der Waals surface area contributed by atoms with E-state index in [0.29, 0.717) is 39.5 Å². The highest BCUT2D eigenvalue weighted by Gasteiger charge is 2.14. The van der Waals surface area contributed by atoms with Crippen LogP contribution in [0.15, 0.2) is 0 Å². The zero-order valence-corrected chi connectivity index (χ0v) is 11.6. The van der Waals surface area contributed by atoms with Gasteiger partial charge in [0.1, 0.15) is 12.6 Å². The number of ether oxygens (including phenoxy) is 4. The highest BCUT2D eigenvalue weighted by molar-refractivity contribution is 5.75. The van der Waals surface area contributed by atoms with E-state index in [4.69, 9.17) is 18.9 Å². The van der Waals surface area contributed by atoms with E-state index in [2.05, 4.69) is 5.32 Å². The molecule has 0 bridgehead atoms. The zero-order chi connectivity index (χ0) is 13.6. The van der Waals surface area contributed by atoms with Crippen molar-refractivity contribution in [3.63, 3.8) is 0 Å². The molecule has 0 spiro atoms. The van der Waals surface area contributed by atoms with Crippen LogP contribution in [-0.2, 0) is 23.7 Å². The molecule has 1 N–H and O–H groups in total. The van der Waals surface area contributed by atoms with E-state index in [-0.39, 0.29) is 18.6 Å². The average Bonchev–Trinajstić information content (AvgIpc) is 2.38. The second-order valence-corrected chi connectivity index (χ2v) is 3.63. The highest BCUT2D eigenvalue weighted by Crippen LogP contribution is 1.93. The Morgan fingerprint density at radius 1 is 1.06 bits per heavy atom. The Hall–Kier alpha value is -0.690. The smallest absolute Gasteiger partial charge is 0.323 e. The summed E-state index contributed by atoms with van der Waals surface area (Å²) in [5.74, 6) is -0.236. The van der Waals surface area contributed by atoms with E-state index in [9.17, 15) is 4.79 Å². The molecular formula is C12H25NO5. The lowest BCUT2D eigenvalue weighted by Gasteiger charge is -2.13. The normalized spacial score (nSPS) is 12.4. The van der Waals surface area contributed by atoms with Crippen molar-refractivity contribution in [3.05, 3.63) is 0 Å². The first-order valence-electron chi connectivity index (χ1n) is 6.24. The standard InChI is InChI=1S/C12H25NO5/c1-4-11(13-2)12(14)18-10-9-17-8-7-16-6-5-15-3/h11,13H,4-10H2,1-3H3. The third-order valence-corrected chi connectivity index (χ3v) is 2.32. The molecule has 0 aliphatic heterocycles. The van der Waals surface area contributed by atoms with Crippen molar-refractivity contribution in [3.8, 4) is 0 Å². The van der Waals surface area contributed by atoms with E-state index in [1.165, 1.54) is 0 Å². The molecule has 0 radical (unpaired) electrons. The topological polar surface area (TPSA) is 66.0 Å². The van der Waals surface area contributed by atoms with E-state index in [0.717, 1.165) is 0 Å². The Morgan fingerprint density at radius 2 is 1.61 bits per heavy atom. The maximum atomic E-state index is 11.4. The number of hydrogen-bond donors (Lipinski definition) is 1. The van der Waals surface area contributed by atoms with Crippen molar-refractivity contribution in [2.24, 2.45) is 0 Å². The van der Waals surface area contributed by atoms with Crippen LogP contribution in [0.2, 0.25) is 0 Å². The Labute approximate surface area is 109 Å². The van der Waals surface area contributed by atoms with Gasteiger partial charge in [0.05, 0.1) is 33.0 Å². The monoisotopic (exact) mass is 263 g/mol. The molecule has 0 aliphatic carbocycles. The Balaban J connectivity index is 3.27. The van der Waals surface area contributed by atoms with Crippen molar-refractivity contribution < 1.29 is 23.7 Å². The minimum Gasteiger partial charge on any atom is -0.462 e. The third-order valence-electron chi connectivity index (χ3n) is 2.32. The van der Waals surface area contributed by atoms with Gasteiger partial charge in [0.15, 0.2) is 0 Å². The fourth-order valence-electron chi connectivity index (χ4n) is 1.25. The molecule has 0 saturated heterocycles. The van der Waals surface area contributed by atoms with Gasteiger partial charge in [0, 0.05) is 7.11 Å². The summed E-state index contributed by atoms with van der Waals surface area (Å²) in [6, 6.07) is -0.234. The van der Waals surface area contributed by atoms with Crippen molar-refractivity contribution in [1.82, 2.24) is 5.32 Å². The molecule has 0 aromatic heterocycles. The maximum absolute atomic E-state index is 11.4. The van der Waals surface area contributed by atoms with E-state index >= 15 is 0 Å². The van der Waals surface area contributed by atoms with Gasteiger partial charge in [-0.15, -0.1) is 0 Å². The van der Waals surface area contributed by atoms with Gasteiger partial charge in [-0.1, -0.05) is 6.92 Å². The summed E-state index contributed by atoms with van der Waals surface area (Å²) in [5, 5.41) is 2.89. The van der Waals surface area contributed by atoms with Crippen LogP contribution in [0.3, 0.4) is 0 Å². The van der Waals surface area contributed by atoms with Crippen molar-refractivity contribution >= 4 is 5.97 Å². The van der Waals surface area contributed by atoms with E-state index < -0.39 is 0 Å². The molecule has 6 nitrogen and oxygen atoms in total. The van der Waals surface area contributed by atoms with Gasteiger partial charge in [0.2, 0.25) is 0 Å². The number of likely N-dealkylation sites (N-methyl/N-ethyl adjacent to an activating group) is 1. The molecule has 18 heavy (non-hydrogen) atoms. The number of hydrogen-bond acceptors (Lipinski definition) is 6. The largest absolute Gasteiger partial charge is 0.462 e. The van der Waals surface area contributed by atoms with Gasteiger partial charge in [-0.2, -0.15) is 0 Å². The first-order chi connectivity index (χ1) is 8.76. The summed E-state index contributed by atoms with van der Waals surface area (Å²) in [7, 11) is 3.37. The SMILES string of the molecule is CCC(NC)C(=O)OCCOCCOCCOC. The lowest BCUT2D eigenvalue weighted by atomic mass is 10.2. The molecule has 0 fully saturated rings. The number of methoxy groups -OCH3 is 1. The van der Waals surface area contributed by atoms with Crippen molar-refractivity contribution in [2.75, 3.05) is 53.8 Å². The van der Waals surface area contributed by atoms with E-state index in [1.807, 2.05) is 6.92 Å². The minimum atomic E-state index is -0.236. The van der Waals surface area contributed by atoms with Crippen LogP contribution in [-0.4, -0.2) is 65.8 Å². The molecule has 0 aromatic carbocycles. The molecule has 0 saturated carbocycles. The molecule has 108 valence electrons. The number of carbonyl (C=O) groups is 1. The van der Waals surface area contributed by atoms with Gasteiger partial charge in [-0.25, -0.2) is 0 Å². The number of nitrogens with one attached hydrogen (secondary N) is 1. The molecule has 0 amide bonds. The first-order valence-corrected chi connectivity index (χ1v) is 6.24. The fourth-order valence-corrected chi connectivity index (χ4v) is 1.25. The predicted octanol–water partition coefficient (Wildman–Crippen LogP) is 0.207. The summed E-state index contributed by atoms with van der Waals surface area (Å²) < 4.78 is 20.3. The molecule has 1 unspecified atom stereocenters. The molecule has 1 atom stereocenters. The summed E-state index contributed by atoms with van der Waals surface area (Å²) in [6.07, 6.45) is 0.712. The third kappa shape index (κ3) is 9.35. The van der Waals surface area contributed by atoms with Crippen molar-refractivity contribution in [1.29, 1.82) is 0 Å². The van der Waals surface area contributed by atoms with Crippen molar-refractivity contribution in [2.45, 2.75) is 19.4 Å². The van der Waals surface area contributed by atoms with Crippen LogP contribution < -0.4 is 5.32 Å². The summed E-state index contributed by atoms with van der Waals surface area (Å²) in [6.45, 7) is 4.75. The van der Waals surface area contributed by atoms with Crippen LogP contribution in [0.1, 0.15) is 13.3 Å². The van der Waals surface area contributed by atoms with Gasteiger partial charge < -0.3 is 24.3 Å². The summed E-state index contributed by atoms with van der Waals surface area (Å²) in [4.78, 5) is 11.4. The van der Waals surface area contributed by atoms with Crippen LogP contribution >= 0.6 is 0 Å². The molecule has 0 aliphatic rings. The molecule has 0 heterocycles. The lowest BCUT2D eigenvalue weighted by molar-refractivity contribution is -0.147. The fraction of sp³-hybridized carbons (Fsp3) is 0.917. The lowest BCUT2D eigenvalue weighted by Crippen LogP contribution is -2.35. The molecule has 6 heteroatoms. The number of carbonyl (C=O) groups excluding carboxylic acids is 1. The molecule has 0 aromatic rings. The van der Waals surface area contributed by atoms with Crippen LogP contribution in [0.5, 0.6) is 0 Å². The summed E-state index contributed by atoms with van der Waals surface area (Å²) in [5.41, 5.74) is 0. The first kappa shape index (κ1) is 17.3. The second kappa shape index (κ2) is 12.8. The quantitative estimate of drug-likeness (QED) is 0.401. The zero-order valence-electron chi connectivity index (χ0n) is 11.6.